The number of carbonyl (C=O) groups is 1. The molecule has 1 fully saturated rings. The van der Waals surface area contributed by atoms with E-state index < -0.39 is 11.5 Å². The first-order valence-electron chi connectivity index (χ1n) is 5.91. The van der Waals surface area contributed by atoms with E-state index in [1.807, 2.05) is 12.3 Å². The van der Waals surface area contributed by atoms with Crippen molar-refractivity contribution in [3.8, 4) is 0 Å². The van der Waals surface area contributed by atoms with Crippen LogP contribution in [0, 0.1) is 0 Å². The fourth-order valence-electron chi connectivity index (χ4n) is 1.98. The van der Waals surface area contributed by atoms with Crippen LogP contribution in [0.2, 0.25) is 0 Å². The van der Waals surface area contributed by atoms with Crippen molar-refractivity contribution in [2.45, 2.75) is 31.9 Å². The number of hydrazine groups is 1. The van der Waals surface area contributed by atoms with Gasteiger partial charge in [-0.05, 0) is 19.8 Å². The van der Waals surface area contributed by atoms with Crippen LogP contribution < -0.4 is 11.3 Å². The Labute approximate surface area is 105 Å². The first-order valence-corrected chi connectivity index (χ1v) is 5.91. The molecule has 0 saturated carbocycles. The number of aromatic nitrogens is 1. The average molecular weight is 254 g/mol. The van der Waals surface area contributed by atoms with Gasteiger partial charge in [0, 0.05) is 19.2 Å². The summed E-state index contributed by atoms with van der Waals surface area (Å²) >= 11 is 0. The lowest BCUT2D eigenvalue weighted by Crippen LogP contribution is -2.41. The minimum Gasteiger partial charge on any atom is -0.390 e. The summed E-state index contributed by atoms with van der Waals surface area (Å²) in [6.07, 6.45) is 1.47. The third-order valence-electron chi connectivity index (χ3n) is 3.24. The van der Waals surface area contributed by atoms with Crippen LogP contribution in [-0.2, 0) is 6.54 Å². The third kappa shape index (κ3) is 3.06. The number of nitrogens with one attached hydrogen (secondary N) is 1. The smallest absolute Gasteiger partial charge is 0.287 e. The maximum atomic E-state index is 11.2. The van der Waals surface area contributed by atoms with Gasteiger partial charge in [-0.15, -0.1) is 0 Å². The Balaban J connectivity index is 1.90. The van der Waals surface area contributed by atoms with Gasteiger partial charge < -0.3 is 9.63 Å². The van der Waals surface area contributed by atoms with Crippen LogP contribution in [0.4, 0.5) is 0 Å². The molecule has 0 aliphatic carbocycles. The van der Waals surface area contributed by atoms with Crippen LogP contribution in [0.25, 0.3) is 0 Å². The van der Waals surface area contributed by atoms with Crippen molar-refractivity contribution in [2.24, 2.45) is 5.84 Å². The molecule has 0 radical (unpaired) electrons. The van der Waals surface area contributed by atoms with E-state index in [1.165, 1.54) is 0 Å². The number of nitrogens with zero attached hydrogens (tertiary/aromatic N) is 2. The number of likely N-dealkylation sites (tertiary alicyclic amines) is 1. The highest BCUT2D eigenvalue weighted by atomic mass is 16.5. The Morgan fingerprint density at radius 1 is 1.67 bits per heavy atom. The summed E-state index contributed by atoms with van der Waals surface area (Å²) in [5, 5.41) is 13.5. The minimum atomic E-state index is -0.567. The summed E-state index contributed by atoms with van der Waals surface area (Å²) in [7, 11) is 0. The van der Waals surface area contributed by atoms with Gasteiger partial charge in [0.15, 0.2) is 11.5 Å². The van der Waals surface area contributed by atoms with E-state index in [-0.39, 0.29) is 5.69 Å². The molecule has 7 nitrogen and oxygen atoms in total. The van der Waals surface area contributed by atoms with E-state index >= 15 is 0 Å². The Bertz CT molecular complexity index is 420. The maximum Gasteiger partial charge on any atom is 0.287 e. The first kappa shape index (κ1) is 13.0. The molecule has 1 amide bonds. The summed E-state index contributed by atoms with van der Waals surface area (Å²) in [5.41, 5.74) is 1.61. The van der Waals surface area contributed by atoms with Gasteiger partial charge in [-0.25, -0.2) is 5.84 Å². The molecule has 0 spiro atoms. The number of amides is 1. The monoisotopic (exact) mass is 254 g/mol. The number of hydrogen-bond donors (Lipinski definition) is 3. The van der Waals surface area contributed by atoms with E-state index in [0.717, 1.165) is 25.9 Å². The molecule has 1 saturated heterocycles. The second-order valence-electron chi connectivity index (χ2n) is 4.93. The third-order valence-corrected chi connectivity index (χ3v) is 3.24. The lowest BCUT2D eigenvalue weighted by molar-refractivity contribution is -0.00906. The predicted octanol–water partition coefficient (Wildman–Crippen LogP) is -0.375. The molecule has 0 atom stereocenters. The van der Waals surface area contributed by atoms with E-state index in [1.54, 1.807) is 6.07 Å². The molecule has 100 valence electrons. The average Bonchev–Trinajstić information content (AvgIpc) is 2.79. The fourth-order valence-corrected chi connectivity index (χ4v) is 1.98. The van der Waals surface area contributed by atoms with E-state index in [0.29, 0.717) is 12.3 Å². The molecule has 18 heavy (non-hydrogen) atoms. The molecule has 2 heterocycles. The molecule has 1 aromatic rings. The number of piperidine rings is 1. The number of rotatable bonds is 3. The summed E-state index contributed by atoms with van der Waals surface area (Å²) < 4.78 is 5.07. The van der Waals surface area contributed by atoms with Gasteiger partial charge in [-0.2, -0.15) is 0 Å². The van der Waals surface area contributed by atoms with Crippen LogP contribution in [0.1, 0.15) is 36.0 Å². The highest BCUT2D eigenvalue weighted by Crippen LogP contribution is 2.22. The Morgan fingerprint density at radius 2 is 2.33 bits per heavy atom. The van der Waals surface area contributed by atoms with Crippen molar-refractivity contribution in [1.29, 1.82) is 0 Å². The lowest BCUT2D eigenvalue weighted by atomic mass is 9.94. The quantitative estimate of drug-likeness (QED) is 0.386. The molecule has 7 heteroatoms. The molecular weight excluding hydrogens is 236 g/mol. The lowest BCUT2D eigenvalue weighted by Gasteiger charge is -2.35. The van der Waals surface area contributed by atoms with Crippen LogP contribution in [-0.4, -0.2) is 39.8 Å². The molecule has 1 aromatic heterocycles. The van der Waals surface area contributed by atoms with Crippen molar-refractivity contribution in [3.05, 3.63) is 17.5 Å². The SMILES string of the molecule is CC1(O)CCN(Cc2cc(C(=O)NN)no2)CC1. The predicted molar refractivity (Wildman–Crippen MR) is 63.3 cm³/mol. The van der Waals surface area contributed by atoms with Gasteiger partial charge in [-0.3, -0.25) is 15.1 Å². The molecule has 2 rings (SSSR count). The van der Waals surface area contributed by atoms with Crippen LogP contribution >= 0.6 is 0 Å². The summed E-state index contributed by atoms with van der Waals surface area (Å²) in [6.45, 7) is 4.03. The van der Waals surface area contributed by atoms with E-state index in [4.69, 9.17) is 10.4 Å². The largest absolute Gasteiger partial charge is 0.390 e. The van der Waals surface area contributed by atoms with Gasteiger partial charge >= 0.3 is 0 Å². The Kier molecular flexibility index (Phi) is 3.65. The zero-order valence-electron chi connectivity index (χ0n) is 10.3. The first-order chi connectivity index (χ1) is 8.50. The van der Waals surface area contributed by atoms with Gasteiger partial charge in [0.2, 0.25) is 0 Å². The van der Waals surface area contributed by atoms with Crippen molar-refractivity contribution in [2.75, 3.05) is 13.1 Å². The van der Waals surface area contributed by atoms with Gasteiger partial charge in [0.05, 0.1) is 12.1 Å². The molecule has 1 aliphatic heterocycles. The number of carbonyl (C=O) groups excluding carboxylic acids is 1. The van der Waals surface area contributed by atoms with Crippen LogP contribution in [0.15, 0.2) is 10.6 Å². The molecule has 0 unspecified atom stereocenters. The van der Waals surface area contributed by atoms with Crippen LogP contribution in [0.5, 0.6) is 0 Å². The minimum absolute atomic E-state index is 0.177. The standard InChI is InChI=1S/C11H18N4O3/c1-11(17)2-4-15(5-3-11)7-8-6-9(14-18-8)10(16)13-12/h6,17H,2-5,7,12H2,1H3,(H,13,16). The summed E-state index contributed by atoms with van der Waals surface area (Å²) in [4.78, 5) is 13.4. The van der Waals surface area contributed by atoms with Crippen molar-refractivity contribution >= 4 is 5.91 Å². The molecule has 4 N–H and O–H groups in total. The van der Waals surface area contributed by atoms with E-state index in [9.17, 15) is 9.90 Å². The number of nitrogens with two attached hydrogens (primary N) is 1. The second-order valence-corrected chi connectivity index (χ2v) is 4.93. The Morgan fingerprint density at radius 3 is 2.94 bits per heavy atom. The van der Waals surface area contributed by atoms with Gasteiger partial charge in [0.25, 0.3) is 5.91 Å². The van der Waals surface area contributed by atoms with Crippen molar-refractivity contribution in [1.82, 2.24) is 15.5 Å². The zero-order valence-corrected chi connectivity index (χ0v) is 10.3. The maximum absolute atomic E-state index is 11.2. The normalized spacial score (nSPS) is 19.7. The molecule has 1 aliphatic rings. The van der Waals surface area contributed by atoms with Crippen LogP contribution in [0.3, 0.4) is 0 Å². The molecule has 0 bridgehead atoms. The fraction of sp³-hybridized carbons (Fsp3) is 0.636. The van der Waals surface area contributed by atoms with Gasteiger partial charge in [0.1, 0.15) is 0 Å². The summed E-state index contributed by atoms with van der Waals surface area (Å²) in [5.74, 6) is 5.16. The van der Waals surface area contributed by atoms with Crippen molar-refractivity contribution < 1.29 is 14.4 Å². The van der Waals surface area contributed by atoms with Gasteiger partial charge in [-0.1, -0.05) is 5.16 Å². The van der Waals surface area contributed by atoms with Crippen molar-refractivity contribution in [3.63, 3.8) is 0 Å². The molecule has 0 aromatic carbocycles. The summed E-state index contributed by atoms with van der Waals surface area (Å²) in [6, 6.07) is 1.58. The topological polar surface area (TPSA) is 105 Å². The number of aliphatic hydroxyl groups is 1. The highest BCUT2D eigenvalue weighted by Gasteiger charge is 2.27. The highest BCUT2D eigenvalue weighted by molar-refractivity contribution is 5.91. The second kappa shape index (κ2) is 5.05. The zero-order chi connectivity index (χ0) is 13.2. The number of nitrogen functional groups attached to an aromatic ring is 1. The Hall–Kier alpha value is -1.44. The van der Waals surface area contributed by atoms with E-state index in [2.05, 4.69) is 10.1 Å². The number of hydrogen-bond acceptors (Lipinski definition) is 6. The molecular formula is C11H18N4O3.